The maximum absolute atomic E-state index is 12.0. The molecule has 0 spiro atoms. The van der Waals surface area contributed by atoms with Crippen LogP contribution in [0.3, 0.4) is 0 Å². The van der Waals surface area contributed by atoms with Gasteiger partial charge in [-0.25, -0.2) is 0 Å². The number of carbonyl (C=O) groups excluding carboxylic acids is 2. The van der Waals surface area contributed by atoms with Crippen LogP contribution >= 0.6 is 0 Å². The molecule has 1 atom stereocenters. The molecule has 18 heavy (non-hydrogen) atoms. The summed E-state index contributed by atoms with van der Waals surface area (Å²) in [5, 5.41) is 8.26. The molecular formula is C12H15N3O3. The van der Waals surface area contributed by atoms with E-state index in [1.807, 2.05) is 12.1 Å². The van der Waals surface area contributed by atoms with Crippen molar-refractivity contribution in [1.29, 1.82) is 0 Å². The molecule has 1 aromatic carbocycles. The summed E-state index contributed by atoms with van der Waals surface area (Å²) in [7, 11) is 1.55. The molecule has 0 radical (unpaired) electrons. The van der Waals surface area contributed by atoms with Gasteiger partial charge in [0.15, 0.2) is 0 Å². The molecule has 0 bridgehead atoms. The summed E-state index contributed by atoms with van der Waals surface area (Å²) < 4.78 is 5.15. The van der Waals surface area contributed by atoms with Crippen molar-refractivity contribution < 1.29 is 14.3 Å². The molecule has 3 N–H and O–H groups in total. The Hall–Kier alpha value is -2.08. The molecule has 1 aromatic rings. The molecule has 1 saturated heterocycles. The summed E-state index contributed by atoms with van der Waals surface area (Å²) >= 11 is 0. The molecule has 1 aliphatic rings. The highest BCUT2D eigenvalue weighted by Crippen LogP contribution is 2.23. The highest BCUT2D eigenvalue weighted by Gasteiger charge is 2.24. The fourth-order valence-electron chi connectivity index (χ4n) is 1.72. The molecule has 2 rings (SSSR count). The number of carbonyl (C=O) groups is 2. The molecule has 1 aliphatic heterocycles. The van der Waals surface area contributed by atoms with Gasteiger partial charge in [0.25, 0.3) is 0 Å². The Morgan fingerprint density at radius 1 is 1.44 bits per heavy atom. The van der Waals surface area contributed by atoms with Crippen LogP contribution in [0, 0.1) is 0 Å². The number of para-hydroxylation sites is 2. The lowest BCUT2D eigenvalue weighted by Gasteiger charge is -2.23. The van der Waals surface area contributed by atoms with Gasteiger partial charge in [0.2, 0.25) is 11.8 Å². The number of hydrogen-bond donors (Lipinski definition) is 3. The zero-order valence-electron chi connectivity index (χ0n) is 10.0. The zero-order valence-corrected chi connectivity index (χ0v) is 10.0. The van der Waals surface area contributed by atoms with Crippen molar-refractivity contribution >= 4 is 17.5 Å². The summed E-state index contributed by atoms with van der Waals surface area (Å²) in [5.74, 6) is 0.307. The Morgan fingerprint density at radius 3 is 2.89 bits per heavy atom. The van der Waals surface area contributed by atoms with Gasteiger partial charge >= 0.3 is 0 Å². The summed E-state index contributed by atoms with van der Waals surface area (Å²) in [6.45, 7) is 0.448. The van der Waals surface area contributed by atoms with Crippen molar-refractivity contribution in [3.63, 3.8) is 0 Å². The van der Waals surface area contributed by atoms with E-state index in [1.165, 1.54) is 0 Å². The number of amides is 2. The molecule has 1 heterocycles. The van der Waals surface area contributed by atoms with E-state index in [-0.39, 0.29) is 18.4 Å². The van der Waals surface area contributed by atoms with Crippen molar-refractivity contribution in [3.8, 4) is 5.75 Å². The third-order valence-electron chi connectivity index (χ3n) is 2.69. The van der Waals surface area contributed by atoms with Gasteiger partial charge in [-0.05, 0) is 12.1 Å². The average Bonchev–Trinajstić information content (AvgIpc) is 2.40. The lowest BCUT2D eigenvalue weighted by molar-refractivity contribution is -0.124. The monoisotopic (exact) mass is 249 g/mol. The molecule has 0 saturated carbocycles. The molecule has 0 aromatic heterocycles. The van der Waals surface area contributed by atoms with Crippen LogP contribution < -0.4 is 20.7 Å². The average molecular weight is 249 g/mol. The molecule has 6 nitrogen and oxygen atoms in total. The maximum atomic E-state index is 12.0. The Bertz CT molecular complexity index is 452. The Balaban J connectivity index is 2.00. The largest absolute Gasteiger partial charge is 0.495 e. The fraction of sp³-hybridized carbons (Fsp3) is 0.333. The number of hydrogen-bond acceptors (Lipinski definition) is 4. The normalized spacial score (nSPS) is 18.9. The van der Waals surface area contributed by atoms with Crippen LogP contribution in [0.25, 0.3) is 0 Å². The van der Waals surface area contributed by atoms with E-state index in [4.69, 9.17) is 4.74 Å². The van der Waals surface area contributed by atoms with E-state index in [0.717, 1.165) is 0 Å². The van der Waals surface area contributed by atoms with E-state index in [2.05, 4.69) is 16.0 Å². The van der Waals surface area contributed by atoms with Crippen molar-refractivity contribution in [2.75, 3.05) is 25.5 Å². The summed E-state index contributed by atoms with van der Waals surface area (Å²) in [5.41, 5.74) is 0.615. The van der Waals surface area contributed by atoms with Crippen molar-refractivity contribution in [1.82, 2.24) is 10.6 Å². The predicted octanol–water partition coefficient (Wildman–Crippen LogP) is -0.278. The third-order valence-corrected chi connectivity index (χ3v) is 2.69. The van der Waals surface area contributed by atoms with Crippen LogP contribution in [0.15, 0.2) is 24.3 Å². The van der Waals surface area contributed by atoms with Crippen molar-refractivity contribution in [3.05, 3.63) is 24.3 Å². The van der Waals surface area contributed by atoms with E-state index in [1.54, 1.807) is 19.2 Å². The summed E-state index contributed by atoms with van der Waals surface area (Å²) in [6.07, 6.45) is 0. The van der Waals surface area contributed by atoms with Gasteiger partial charge < -0.3 is 15.4 Å². The minimum atomic E-state index is -0.424. The van der Waals surface area contributed by atoms with Gasteiger partial charge in [-0.1, -0.05) is 12.1 Å². The summed E-state index contributed by atoms with van der Waals surface area (Å²) in [4.78, 5) is 22.9. The highest BCUT2D eigenvalue weighted by molar-refractivity contribution is 5.97. The van der Waals surface area contributed by atoms with E-state index in [0.29, 0.717) is 18.0 Å². The molecular weight excluding hydrogens is 234 g/mol. The molecule has 1 unspecified atom stereocenters. The summed E-state index contributed by atoms with van der Waals surface area (Å²) in [6, 6.07) is 6.75. The smallest absolute Gasteiger partial charge is 0.243 e. The van der Waals surface area contributed by atoms with Crippen LogP contribution in [0.1, 0.15) is 0 Å². The first-order valence-electron chi connectivity index (χ1n) is 5.64. The van der Waals surface area contributed by atoms with E-state index < -0.39 is 6.04 Å². The Kier molecular flexibility index (Phi) is 3.78. The van der Waals surface area contributed by atoms with Crippen molar-refractivity contribution in [2.24, 2.45) is 0 Å². The fourth-order valence-corrected chi connectivity index (χ4v) is 1.72. The van der Waals surface area contributed by atoms with Gasteiger partial charge in [0.1, 0.15) is 11.8 Å². The van der Waals surface area contributed by atoms with E-state index in [9.17, 15) is 9.59 Å². The number of piperazine rings is 1. The SMILES string of the molecule is COc1ccccc1NC(=O)C1CNC(=O)CN1. The van der Waals surface area contributed by atoms with Crippen LogP contribution in [0.4, 0.5) is 5.69 Å². The predicted molar refractivity (Wildman–Crippen MR) is 66.4 cm³/mol. The van der Waals surface area contributed by atoms with Crippen LogP contribution in [0.5, 0.6) is 5.75 Å². The lowest BCUT2D eigenvalue weighted by atomic mass is 10.2. The second kappa shape index (κ2) is 5.50. The minimum Gasteiger partial charge on any atom is -0.495 e. The quantitative estimate of drug-likeness (QED) is 0.688. The number of rotatable bonds is 3. The molecule has 96 valence electrons. The first kappa shape index (κ1) is 12.4. The Morgan fingerprint density at radius 2 is 2.22 bits per heavy atom. The van der Waals surface area contributed by atoms with Crippen LogP contribution in [0.2, 0.25) is 0 Å². The first-order valence-corrected chi connectivity index (χ1v) is 5.64. The van der Waals surface area contributed by atoms with Gasteiger partial charge in [-0.15, -0.1) is 0 Å². The topological polar surface area (TPSA) is 79.5 Å². The maximum Gasteiger partial charge on any atom is 0.243 e. The minimum absolute atomic E-state index is 0.101. The molecule has 0 aliphatic carbocycles. The number of benzene rings is 1. The zero-order chi connectivity index (χ0) is 13.0. The van der Waals surface area contributed by atoms with Gasteiger partial charge in [-0.2, -0.15) is 0 Å². The van der Waals surface area contributed by atoms with Crippen molar-refractivity contribution in [2.45, 2.75) is 6.04 Å². The molecule has 6 heteroatoms. The number of nitrogens with one attached hydrogen (secondary N) is 3. The number of anilines is 1. The van der Waals surface area contributed by atoms with Gasteiger partial charge in [-0.3, -0.25) is 14.9 Å². The first-order chi connectivity index (χ1) is 8.70. The second-order valence-electron chi connectivity index (χ2n) is 3.93. The Labute approximate surface area is 105 Å². The lowest BCUT2D eigenvalue weighted by Crippen LogP contribution is -2.56. The van der Waals surface area contributed by atoms with Crippen LogP contribution in [-0.4, -0.2) is 38.1 Å². The number of ether oxygens (including phenoxy) is 1. The number of methoxy groups -OCH3 is 1. The third kappa shape index (κ3) is 2.78. The van der Waals surface area contributed by atoms with Gasteiger partial charge in [0, 0.05) is 6.54 Å². The second-order valence-corrected chi connectivity index (χ2v) is 3.93. The highest BCUT2D eigenvalue weighted by atomic mass is 16.5. The van der Waals surface area contributed by atoms with Gasteiger partial charge in [0.05, 0.1) is 19.3 Å². The molecule has 1 fully saturated rings. The van der Waals surface area contributed by atoms with E-state index >= 15 is 0 Å². The molecule has 2 amide bonds. The standard InChI is InChI=1S/C12H15N3O3/c1-18-10-5-3-2-4-8(10)15-12(17)9-6-14-11(16)7-13-9/h2-5,9,13H,6-7H2,1H3,(H,14,16)(H,15,17). The van der Waals surface area contributed by atoms with Crippen LogP contribution in [-0.2, 0) is 9.59 Å².